The van der Waals surface area contributed by atoms with Crippen LogP contribution in [0.3, 0.4) is 0 Å². The Balaban J connectivity index is 2.89. The highest BCUT2D eigenvalue weighted by Crippen LogP contribution is 2.28. The number of alkyl halides is 3. The summed E-state index contributed by atoms with van der Waals surface area (Å²) in [5.41, 5.74) is -1.93. The molecule has 0 aliphatic heterocycles. The van der Waals surface area contributed by atoms with Gasteiger partial charge in [0.15, 0.2) is 0 Å². The van der Waals surface area contributed by atoms with Gasteiger partial charge in [-0.2, -0.15) is 18.2 Å². The maximum atomic E-state index is 12.5. The Labute approximate surface area is 81.8 Å². The third-order valence-corrected chi connectivity index (χ3v) is 1.87. The van der Waals surface area contributed by atoms with E-state index in [1.54, 1.807) is 0 Å². The van der Waals surface area contributed by atoms with Crippen molar-refractivity contribution >= 4 is 5.65 Å². The van der Waals surface area contributed by atoms with E-state index in [1.807, 2.05) is 0 Å². The summed E-state index contributed by atoms with van der Waals surface area (Å²) in [4.78, 5) is 14.4. The van der Waals surface area contributed by atoms with Gasteiger partial charge in [0.25, 0.3) is 5.56 Å². The number of nitrogens with zero attached hydrogens (tertiary/aromatic N) is 2. The van der Waals surface area contributed by atoms with Crippen molar-refractivity contribution in [2.24, 2.45) is 0 Å². The minimum atomic E-state index is -4.56. The molecule has 2 rings (SSSR count). The molecular weight excluding hydrogens is 209 g/mol. The van der Waals surface area contributed by atoms with Gasteiger partial charge >= 0.3 is 6.18 Å². The van der Waals surface area contributed by atoms with Crippen molar-refractivity contribution in [1.29, 1.82) is 0 Å². The van der Waals surface area contributed by atoms with Crippen molar-refractivity contribution in [2.75, 3.05) is 0 Å². The molecule has 0 unspecified atom stereocenters. The number of hydrogen-bond acceptors (Lipinski definition) is 2. The zero-order chi connectivity index (χ0) is 11.1. The number of hydrogen-bond donors (Lipinski definition) is 0. The van der Waals surface area contributed by atoms with Gasteiger partial charge in [0.2, 0.25) is 0 Å². The predicted molar refractivity (Wildman–Crippen MR) is 46.5 cm³/mol. The summed E-state index contributed by atoms with van der Waals surface area (Å²) >= 11 is 0. The van der Waals surface area contributed by atoms with E-state index in [0.29, 0.717) is 6.07 Å². The summed E-state index contributed by atoms with van der Waals surface area (Å²) < 4.78 is 38.4. The van der Waals surface area contributed by atoms with Crippen molar-refractivity contribution in [1.82, 2.24) is 9.38 Å². The van der Waals surface area contributed by atoms with Gasteiger partial charge in [-0.05, 0) is 12.1 Å². The lowest BCUT2D eigenvalue weighted by molar-refractivity contribution is -0.142. The van der Waals surface area contributed by atoms with E-state index in [2.05, 4.69) is 4.98 Å². The zero-order valence-corrected chi connectivity index (χ0v) is 7.32. The lowest BCUT2D eigenvalue weighted by Crippen LogP contribution is -2.18. The van der Waals surface area contributed by atoms with Crippen LogP contribution in [0.4, 0.5) is 13.2 Å². The van der Waals surface area contributed by atoms with E-state index in [0.717, 1.165) is 4.40 Å². The molecule has 0 saturated carbocycles. The van der Waals surface area contributed by atoms with Crippen LogP contribution in [-0.4, -0.2) is 9.38 Å². The number of fused-ring (bicyclic) bond motifs is 1. The Morgan fingerprint density at radius 1 is 1.27 bits per heavy atom. The molecule has 0 spiro atoms. The van der Waals surface area contributed by atoms with E-state index in [9.17, 15) is 18.0 Å². The lowest BCUT2D eigenvalue weighted by Gasteiger charge is -2.10. The normalized spacial score (nSPS) is 11.9. The fourth-order valence-electron chi connectivity index (χ4n) is 1.28. The molecule has 0 aromatic carbocycles. The average molecular weight is 214 g/mol. The van der Waals surface area contributed by atoms with Crippen LogP contribution in [0.1, 0.15) is 5.69 Å². The van der Waals surface area contributed by atoms with Crippen LogP contribution in [0.2, 0.25) is 0 Å². The summed E-state index contributed by atoms with van der Waals surface area (Å²) in [5.74, 6) is 0. The quantitative estimate of drug-likeness (QED) is 0.669. The Morgan fingerprint density at radius 3 is 2.67 bits per heavy atom. The molecule has 0 aliphatic rings. The highest BCUT2D eigenvalue weighted by Gasteiger charge is 2.33. The molecule has 0 amide bonds. The first-order chi connectivity index (χ1) is 6.98. The first-order valence-corrected chi connectivity index (χ1v) is 4.04. The van der Waals surface area contributed by atoms with E-state index in [-0.39, 0.29) is 5.65 Å². The predicted octanol–water partition coefficient (Wildman–Crippen LogP) is 1.71. The van der Waals surface area contributed by atoms with Gasteiger partial charge in [0.05, 0.1) is 0 Å². The molecule has 6 heteroatoms. The second-order valence-corrected chi connectivity index (χ2v) is 2.91. The van der Waals surface area contributed by atoms with Gasteiger partial charge in [-0.1, -0.05) is 6.07 Å². The van der Waals surface area contributed by atoms with Gasteiger partial charge in [-0.15, -0.1) is 0 Å². The van der Waals surface area contributed by atoms with Crippen LogP contribution in [0.25, 0.3) is 5.65 Å². The molecule has 0 bridgehead atoms. The van der Waals surface area contributed by atoms with Gasteiger partial charge < -0.3 is 0 Å². The molecule has 78 valence electrons. The SMILES string of the molecule is O=c1cc(C(F)(F)F)n2ccccc2n1. The molecule has 3 nitrogen and oxygen atoms in total. The fourth-order valence-corrected chi connectivity index (χ4v) is 1.28. The summed E-state index contributed by atoms with van der Waals surface area (Å²) in [6.45, 7) is 0. The maximum Gasteiger partial charge on any atom is 0.432 e. The first-order valence-electron chi connectivity index (χ1n) is 4.04. The van der Waals surface area contributed by atoms with E-state index >= 15 is 0 Å². The summed E-state index contributed by atoms with van der Waals surface area (Å²) in [6, 6.07) is 4.78. The minimum absolute atomic E-state index is 0.0164. The molecule has 2 aromatic heterocycles. The first kappa shape index (κ1) is 9.70. The van der Waals surface area contributed by atoms with Crippen LogP contribution in [0, 0.1) is 0 Å². The average Bonchev–Trinajstić information content (AvgIpc) is 2.15. The van der Waals surface area contributed by atoms with Crippen molar-refractivity contribution in [2.45, 2.75) is 6.18 Å². The molecule has 0 saturated heterocycles. The third-order valence-electron chi connectivity index (χ3n) is 1.87. The summed E-state index contributed by atoms with van der Waals surface area (Å²) in [5, 5.41) is 0. The zero-order valence-electron chi connectivity index (χ0n) is 7.32. The Hall–Kier alpha value is -1.85. The highest BCUT2D eigenvalue weighted by molar-refractivity contribution is 5.39. The second kappa shape index (κ2) is 3.08. The molecule has 0 aliphatic carbocycles. The smallest absolute Gasteiger partial charge is 0.297 e. The molecule has 15 heavy (non-hydrogen) atoms. The standard InChI is InChI=1S/C9H5F3N2O/c10-9(11,12)6-5-8(15)13-7-3-1-2-4-14(6)7/h1-5H. The van der Waals surface area contributed by atoms with E-state index < -0.39 is 17.4 Å². The van der Waals surface area contributed by atoms with Gasteiger partial charge in [-0.25, -0.2) is 0 Å². The highest BCUT2D eigenvalue weighted by atomic mass is 19.4. The number of pyridine rings is 1. The summed E-state index contributed by atoms with van der Waals surface area (Å²) in [7, 11) is 0. The van der Waals surface area contributed by atoms with Crippen molar-refractivity contribution in [3.63, 3.8) is 0 Å². The van der Waals surface area contributed by atoms with Crippen LogP contribution >= 0.6 is 0 Å². The molecular formula is C9H5F3N2O. The van der Waals surface area contributed by atoms with Gasteiger partial charge in [-0.3, -0.25) is 9.20 Å². The monoisotopic (exact) mass is 214 g/mol. The van der Waals surface area contributed by atoms with Crippen LogP contribution in [-0.2, 0) is 6.18 Å². The molecule has 0 N–H and O–H groups in total. The van der Waals surface area contributed by atoms with Crippen LogP contribution in [0.5, 0.6) is 0 Å². The number of rotatable bonds is 0. The fraction of sp³-hybridized carbons (Fsp3) is 0.111. The maximum absolute atomic E-state index is 12.5. The van der Waals surface area contributed by atoms with E-state index in [4.69, 9.17) is 0 Å². The Bertz CT molecular complexity index is 559. The number of halogens is 3. The van der Waals surface area contributed by atoms with Crippen LogP contribution in [0.15, 0.2) is 35.3 Å². The molecule has 2 heterocycles. The molecule has 2 aromatic rings. The van der Waals surface area contributed by atoms with Crippen molar-refractivity contribution in [3.8, 4) is 0 Å². The Morgan fingerprint density at radius 2 is 2.00 bits per heavy atom. The minimum Gasteiger partial charge on any atom is -0.297 e. The van der Waals surface area contributed by atoms with E-state index in [1.165, 1.54) is 24.4 Å². The van der Waals surface area contributed by atoms with Crippen molar-refractivity contribution < 1.29 is 13.2 Å². The van der Waals surface area contributed by atoms with Gasteiger partial charge in [0.1, 0.15) is 11.3 Å². The van der Waals surface area contributed by atoms with Gasteiger partial charge in [0, 0.05) is 12.3 Å². The largest absolute Gasteiger partial charge is 0.432 e. The molecule has 0 fully saturated rings. The number of aromatic nitrogens is 2. The summed E-state index contributed by atoms with van der Waals surface area (Å²) in [6.07, 6.45) is -3.35. The third kappa shape index (κ3) is 1.70. The second-order valence-electron chi connectivity index (χ2n) is 2.91. The molecule has 0 atom stereocenters. The lowest BCUT2D eigenvalue weighted by atomic mass is 10.3. The molecule has 0 radical (unpaired) electrons. The van der Waals surface area contributed by atoms with Crippen molar-refractivity contribution in [3.05, 3.63) is 46.5 Å². The van der Waals surface area contributed by atoms with Crippen LogP contribution < -0.4 is 5.56 Å². The topological polar surface area (TPSA) is 34.4 Å². The Kier molecular flexibility index (Phi) is 1.99.